The van der Waals surface area contributed by atoms with Gasteiger partial charge >= 0.3 is 6.18 Å². The summed E-state index contributed by atoms with van der Waals surface area (Å²) in [5.74, 6) is 0. The Morgan fingerprint density at radius 3 is 2.19 bits per heavy atom. The number of hydrogen-bond donors (Lipinski definition) is 0. The van der Waals surface area contributed by atoms with Crippen molar-refractivity contribution in [2.45, 2.75) is 26.9 Å². The number of hydrogen-bond acceptors (Lipinski definition) is 2. The number of aromatic nitrogens is 2. The number of aryl methyl sites for hydroxylation is 1. The van der Waals surface area contributed by atoms with Gasteiger partial charge in [0.1, 0.15) is 0 Å². The van der Waals surface area contributed by atoms with E-state index in [1.54, 1.807) is 24.3 Å². The molecule has 0 spiro atoms. The second-order valence-electron chi connectivity index (χ2n) is 6.33. The fourth-order valence-corrected chi connectivity index (χ4v) is 3.23. The van der Waals surface area contributed by atoms with Crippen LogP contribution in [0.25, 0.3) is 16.9 Å². The summed E-state index contributed by atoms with van der Waals surface area (Å²) in [6.07, 6.45) is -4.50. The second kappa shape index (κ2) is 7.47. The SMILES string of the molecule is CCN(CC)c1ccc(-c2cc(C(F)(F)F)nn2-c2ccccc2)cc1C. The van der Waals surface area contributed by atoms with E-state index < -0.39 is 11.9 Å². The van der Waals surface area contributed by atoms with Crippen LogP contribution < -0.4 is 4.90 Å². The maximum atomic E-state index is 13.3. The number of benzene rings is 2. The zero-order valence-corrected chi connectivity index (χ0v) is 15.6. The molecule has 142 valence electrons. The third kappa shape index (κ3) is 3.84. The molecule has 1 aromatic heterocycles. The highest BCUT2D eigenvalue weighted by atomic mass is 19.4. The number of rotatable bonds is 5. The molecule has 0 fully saturated rings. The minimum absolute atomic E-state index is 0.419. The molecule has 0 radical (unpaired) electrons. The van der Waals surface area contributed by atoms with Crippen molar-refractivity contribution in [3.8, 4) is 16.9 Å². The van der Waals surface area contributed by atoms with E-state index in [0.717, 1.165) is 30.4 Å². The highest BCUT2D eigenvalue weighted by molar-refractivity contribution is 5.68. The average molecular weight is 373 g/mol. The molecular weight excluding hydrogens is 351 g/mol. The third-order valence-electron chi connectivity index (χ3n) is 4.60. The first kappa shape index (κ1) is 19.0. The summed E-state index contributed by atoms with van der Waals surface area (Å²) in [7, 11) is 0. The van der Waals surface area contributed by atoms with E-state index in [2.05, 4.69) is 23.8 Å². The highest BCUT2D eigenvalue weighted by Gasteiger charge is 2.35. The van der Waals surface area contributed by atoms with Crippen molar-refractivity contribution in [1.82, 2.24) is 9.78 Å². The quantitative estimate of drug-likeness (QED) is 0.571. The van der Waals surface area contributed by atoms with E-state index in [0.29, 0.717) is 16.9 Å². The Labute approximate surface area is 157 Å². The van der Waals surface area contributed by atoms with Gasteiger partial charge in [-0.25, -0.2) is 4.68 Å². The molecule has 0 unspecified atom stereocenters. The zero-order valence-electron chi connectivity index (χ0n) is 15.6. The van der Waals surface area contributed by atoms with Crippen molar-refractivity contribution in [3.05, 3.63) is 65.9 Å². The van der Waals surface area contributed by atoms with Gasteiger partial charge in [0.2, 0.25) is 0 Å². The van der Waals surface area contributed by atoms with Gasteiger partial charge in [-0.3, -0.25) is 0 Å². The Balaban J connectivity index is 2.13. The second-order valence-corrected chi connectivity index (χ2v) is 6.33. The summed E-state index contributed by atoms with van der Waals surface area (Å²) in [6, 6.07) is 15.7. The number of alkyl halides is 3. The van der Waals surface area contributed by atoms with Gasteiger partial charge in [-0.05, 0) is 56.7 Å². The molecule has 3 nitrogen and oxygen atoms in total. The van der Waals surface area contributed by atoms with Crippen LogP contribution in [0.2, 0.25) is 0 Å². The molecule has 2 aromatic carbocycles. The van der Waals surface area contributed by atoms with Crippen molar-refractivity contribution in [3.63, 3.8) is 0 Å². The van der Waals surface area contributed by atoms with E-state index in [4.69, 9.17) is 0 Å². The van der Waals surface area contributed by atoms with Gasteiger partial charge in [0.05, 0.1) is 11.4 Å². The topological polar surface area (TPSA) is 21.1 Å². The first-order valence-electron chi connectivity index (χ1n) is 8.93. The van der Waals surface area contributed by atoms with Crippen molar-refractivity contribution >= 4 is 5.69 Å². The fraction of sp³-hybridized carbons (Fsp3) is 0.286. The van der Waals surface area contributed by atoms with Crippen molar-refractivity contribution in [2.75, 3.05) is 18.0 Å². The lowest BCUT2D eigenvalue weighted by Gasteiger charge is -2.23. The Kier molecular flexibility index (Phi) is 5.26. The molecule has 3 rings (SSSR count). The number of para-hydroxylation sites is 1. The standard InChI is InChI=1S/C21H22F3N3/c1-4-26(5-2)18-12-11-16(13-15(18)3)19-14-20(21(22,23)24)25-27(19)17-9-7-6-8-10-17/h6-14H,4-5H2,1-3H3. The van der Waals surface area contributed by atoms with Gasteiger partial charge in [-0.2, -0.15) is 18.3 Å². The Hall–Kier alpha value is -2.76. The van der Waals surface area contributed by atoms with Gasteiger partial charge in [-0.1, -0.05) is 24.3 Å². The van der Waals surface area contributed by atoms with Crippen molar-refractivity contribution in [1.29, 1.82) is 0 Å². The van der Waals surface area contributed by atoms with Crippen LogP contribution in [-0.2, 0) is 6.18 Å². The molecule has 1 heterocycles. The summed E-state index contributed by atoms with van der Waals surface area (Å²) in [4.78, 5) is 2.22. The molecule has 0 amide bonds. The monoisotopic (exact) mass is 373 g/mol. The summed E-state index contributed by atoms with van der Waals surface area (Å²) in [5.41, 5.74) is 2.93. The lowest BCUT2D eigenvalue weighted by Crippen LogP contribution is -2.22. The lowest BCUT2D eigenvalue weighted by molar-refractivity contribution is -0.141. The number of anilines is 1. The van der Waals surface area contributed by atoms with Gasteiger partial charge in [0.15, 0.2) is 5.69 Å². The number of halogens is 3. The molecule has 0 saturated heterocycles. The van der Waals surface area contributed by atoms with Crippen LogP contribution in [0.1, 0.15) is 25.1 Å². The predicted molar refractivity (Wildman–Crippen MR) is 102 cm³/mol. The molecule has 0 bridgehead atoms. The molecular formula is C21H22F3N3. The molecule has 0 saturated carbocycles. The number of nitrogens with zero attached hydrogens (tertiary/aromatic N) is 3. The van der Waals surface area contributed by atoms with Gasteiger partial charge in [0.25, 0.3) is 0 Å². The normalized spacial score (nSPS) is 11.6. The van der Waals surface area contributed by atoms with Crippen LogP contribution in [0.4, 0.5) is 18.9 Å². The van der Waals surface area contributed by atoms with Crippen molar-refractivity contribution < 1.29 is 13.2 Å². The van der Waals surface area contributed by atoms with Crippen LogP contribution in [0.5, 0.6) is 0 Å². The third-order valence-corrected chi connectivity index (χ3v) is 4.60. The smallest absolute Gasteiger partial charge is 0.372 e. The molecule has 27 heavy (non-hydrogen) atoms. The van der Waals surface area contributed by atoms with E-state index in [-0.39, 0.29) is 0 Å². The predicted octanol–water partition coefficient (Wildman–Crippen LogP) is 5.71. The van der Waals surface area contributed by atoms with E-state index in [1.165, 1.54) is 4.68 Å². The molecule has 0 aliphatic rings. The summed E-state index contributed by atoms with van der Waals surface area (Å²) in [6.45, 7) is 7.88. The average Bonchev–Trinajstić information content (AvgIpc) is 3.10. The van der Waals surface area contributed by atoms with E-state index in [1.807, 2.05) is 31.2 Å². The first-order chi connectivity index (χ1) is 12.8. The first-order valence-corrected chi connectivity index (χ1v) is 8.93. The fourth-order valence-electron chi connectivity index (χ4n) is 3.23. The Bertz CT molecular complexity index is 910. The van der Waals surface area contributed by atoms with Gasteiger partial charge in [-0.15, -0.1) is 0 Å². The minimum Gasteiger partial charge on any atom is -0.372 e. The maximum absolute atomic E-state index is 13.3. The molecule has 3 aromatic rings. The van der Waals surface area contributed by atoms with Crippen LogP contribution in [0, 0.1) is 6.92 Å². The van der Waals surface area contributed by atoms with Crippen LogP contribution >= 0.6 is 0 Å². The molecule has 0 atom stereocenters. The molecule has 0 aliphatic heterocycles. The molecule has 0 aliphatic carbocycles. The minimum atomic E-state index is -4.50. The highest BCUT2D eigenvalue weighted by Crippen LogP contribution is 2.34. The largest absolute Gasteiger partial charge is 0.435 e. The molecule has 0 N–H and O–H groups in total. The Morgan fingerprint density at radius 2 is 1.63 bits per heavy atom. The van der Waals surface area contributed by atoms with Crippen LogP contribution in [0.15, 0.2) is 54.6 Å². The molecule has 6 heteroatoms. The van der Waals surface area contributed by atoms with Crippen molar-refractivity contribution in [2.24, 2.45) is 0 Å². The zero-order chi connectivity index (χ0) is 19.6. The van der Waals surface area contributed by atoms with Crippen LogP contribution in [-0.4, -0.2) is 22.9 Å². The van der Waals surface area contributed by atoms with E-state index in [9.17, 15) is 13.2 Å². The summed E-state index contributed by atoms with van der Waals surface area (Å²) >= 11 is 0. The Morgan fingerprint density at radius 1 is 0.963 bits per heavy atom. The lowest BCUT2D eigenvalue weighted by atomic mass is 10.1. The summed E-state index contributed by atoms with van der Waals surface area (Å²) in [5, 5.41) is 3.83. The van der Waals surface area contributed by atoms with E-state index >= 15 is 0 Å². The maximum Gasteiger partial charge on any atom is 0.435 e. The van der Waals surface area contributed by atoms with Gasteiger partial charge < -0.3 is 4.90 Å². The van der Waals surface area contributed by atoms with Gasteiger partial charge in [0, 0.05) is 24.3 Å². The van der Waals surface area contributed by atoms with Crippen LogP contribution in [0.3, 0.4) is 0 Å². The summed E-state index contributed by atoms with van der Waals surface area (Å²) < 4.78 is 41.2.